The summed E-state index contributed by atoms with van der Waals surface area (Å²) >= 11 is 0. The summed E-state index contributed by atoms with van der Waals surface area (Å²) in [4.78, 5) is 11.1. The Morgan fingerprint density at radius 3 is 2.88 bits per heavy atom. The second-order valence-electron chi connectivity index (χ2n) is 3.77. The second kappa shape index (κ2) is 3.98. The number of carboxylic acid groups (broad SMARTS) is 1. The molecule has 0 bridgehead atoms. The lowest BCUT2D eigenvalue weighted by Crippen LogP contribution is -2.26. The van der Waals surface area contributed by atoms with E-state index in [9.17, 15) is 4.79 Å². The summed E-state index contributed by atoms with van der Waals surface area (Å²) in [5.74, 6) is -0.866. The van der Waals surface area contributed by atoms with Crippen LogP contribution in [0.25, 0.3) is 5.52 Å². The highest BCUT2D eigenvalue weighted by Crippen LogP contribution is 2.22. The number of likely N-dealkylation sites (N-methyl/N-ethyl adjacent to an activating group) is 1. The average molecular weight is 218 g/mol. The van der Waals surface area contributed by atoms with Crippen LogP contribution in [0, 0.1) is 6.92 Å². The number of aryl methyl sites for hydroxylation is 1. The van der Waals surface area contributed by atoms with Gasteiger partial charge in [0.15, 0.2) is 0 Å². The van der Waals surface area contributed by atoms with Crippen LogP contribution in [-0.4, -0.2) is 22.5 Å². The van der Waals surface area contributed by atoms with E-state index in [1.54, 1.807) is 7.05 Å². The minimum absolute atomic E-state index is 0.676. The fourth-order valence-electron chi connectivity index (χ4n) is 2.02. The van der Waals surface area contributed by atoms with Crippen LogP contribution in [-0.2, 0) is 4.79 Å². The maximum atomic E-state index is 11.1. The first-order valence-corrected chi connectivity index (χ1v) is 5.12. The quantitative estimate of drug-likeness (QED) is 0.822. The topological polar surface area (TPSA) is 53.7 Å². The summed E-state index contributed by atoms with van der Waals surface area (Å²) in [5.41, 5.74) is 2.77. The molecule has 16 heavy (non-hydrogen) atoms. The van der Waals surface area contributed by atoms with Gasteiger partial charge in [0.2, 0.25) is 0 Å². The highest BCUT2D eigenvalue weighted by Gasteiger charge is 2.22. The van der Waals surface area contributed by atoms with Crippen molar-refractivity contribution in [2.24, 2.45) is 0 Å². The minimum atomic E-state index is -0.866. The Balaban J connectivity index is 2.66. The number of pyridine rings is 1. The van der Waals surface area contributed by atoms with E-state index in [1.165, 1.54) is 0 Å². The minimum Gasteiger partial charge on any atom is -0.480 e. The number of hydrogen-bond donors (Lipinski definition) is 2. The summed E-state index contributed by atoms with van der Waals surface area (Å²) in [6.07, 6.45) is 1.88. The zero-order chi connectivity index (χ0) is 11.7. The van der Waals surface area contributed by atoms with E-state index in [-0.39, 0.29) is 0 Å². The summed E-state index contributed by atoms with van der Waals surface area (Å²) in [5, 5.41) is 12.0. The molecule has 2 N–H and O–H groups in total. The van der Waals surface area contributed by atoms with E-state index in [1.807, 2.05) is 41.8 Å². The van der Waals surface area contributed by atoms with Crippen LogP contribution in [0.1, 0.15) is 17.3 Å². The molecule has 0 radical (unpaired) electrons. The van der Waals surface area contributed by atoms with Crippen molar-refractivity contribution >= 4 is 11.5 Å². The highest BCUT2D eigenvalue weighted by atomic mass is 16.4. The molecule has 84 valence electrons. The largest absolute Gasteiger partial charge is 0.480 e. The third-order valence-electron chi connectivity index (χ3n) is 2.73. The predicted molar refractivity (Wildman–Crippen MR) is 61.6 cm³/mol. The van der Waals surface area contributed by atoms with Gasteiger partial charge in [-0.1, -0.05) is 6.07 Å². The van der Waals surface area contributed by atoms with E-state index in [2.05, 4.69) is 5.32 Å². The smallest absolute Gasteiger partial charge is 0.326 e. The fraction of sp³-hybridized carbons (Fsp3) is 0.250. The molecule has 0 aliphatic carbocycles. The SMILES string of the molecule is CNC(C(=O)O)c1c(C)cc2ccccn12. The standard InChI is InChI=1S/C12H14N2O2/c1-8-7-9-5-3-4-6-14(9)11(8)10(13-2)12(15)16/h3-7,10,13H,1-2H3,(H,15,16). The van der Waals surface area contributed by atoms with E-state index >= 15 is 0 Å². The van der Waals surface area contributed by atoms with E-state index in [0.29, 0.717) is 0 Å². The van der Waals surface area contributed by atoms with Crippen molar-refractivity contribution in [1.82, 2.24) is 9.72 Å². The Morgan fingerprint density at radius 2 is 2.25 bits per heavy atom. The van der Waals surface area contributed by atoms with E-state index in [4.69, 9.17) is 5.11 Å². The Hall–Kier alpha value is -1.81. The molecule has 0 aromatic carbocycles. The molecule has 0 saturated heterocycles. The molecular formula is C12H14N2O2. The maximum Gasteiger partial charge on any atom is 0.326 e. The first-order chi connectivity index (χ1) is 7.65. The molecular weight excluding hydrogens is 204 g/mol. The lowest BCUT2D eigenvalue weighted by molar-refractivity contribution is -0.139. The molecule has 0 spiro atoms. The lowest BCUT2D eigenvalue weighted by atomic mass is 10.1. The lowest BCUT2D eigenvalue weighted by Gasteiger charge is -2.13. The molecule has 2 rings (SSSR count). The molecule has 1 atom stereocenters. The van der Waals surface area contributed by atoms with Crippen molar-refractivity contribution in [1.29, 1.82) is 0 Å². The number of carboxylic acids is 1. The number of carbonyl (C=O) groups is 1. The number of hydrogen-bond acceptors (Lipinski definition) is 2. The van der Waals surface area contributed by atoms with Crippen LogP contribution >= 0.6 is 0 Å². The van der Waals surface area contributed by atoms with Crippen molar-refractivity contribution in [3.05, 3.63) is 41.7 Å². The number of aromatic nitrogens is 1. The van der Waals surface area contributed by atoms with Gasteiger partial charge in [0.25, 0.3) is 0 Å². The zero-order valence-electron chi connectivity index (χ0n) is 9.27. The van der Waals surface area contributed by atoms with Crippen LogP contribution in [0.3, 0.4) is 0 Å². The molecule has 0 saturated carbocycles. The van der Waals surface area contributed by atoms with Gasteiger partial charge in [0, 0.05) is 11.7 Å². The number of nitrogens with zero attached hydrogens (tertiary/aromatic N) is 1. The Bertz CT molecular complexity index is 531. The normalized spacial score (nSPS) is 12.9. The van der Waals surface area contributed by atoms with Crippen LogP contribution in [0.5, 0.6) is 0 Å². The van der Waals surface area contributed by atoms with Gasteiger partial charge < -0.3 is 14.8 Å². The number of rotatable bonds is 3. The molecule has 2 heterocycles. The van der Waals surface area contributed by atoms with Gasteiger partial charge >= 0.3 is 5.97 Å². The summed E-state index contributed by atoms with van der Waals surface area (Å²) < 4.78 is 1.91. The van der Waals surface area contributed by atoms with Crippen LogP contribution in [0.15, 0.2) is 30.5 Å². The molecule has 0 aliphatic heterocycles. The Kier molecular flexibility index (Phi) is 2.66. The van der Waals surface area contributed by atoms with Crippen molar-refractivity contribution in [2.45, 2.75) is 13.0 Å². The molecule has 0 aliphatic rings. The van der Waals surface area contributed by atoms with Gasteiger partial charge in [0.1, 0.15) is 6.04 Å². The van der Waals surface area contributed by atoms with Crippen LogP contribution in [0.2, 0.25) is 0 Å². The Labute approximate surface area is 93.5 Å². The number of nitrogens with one attached hydrogen (secondary N) is 1. The van der Waals surface area contributed by atoms with Gasteiger partial charge in [-0.25, -0.2) is 0 Å². The number of fused-ring (bicyclic) bond motifs is 1. The highest BCUT2D eigenvalue weighted by molar-refractivity contribution is 5.76. The zero-order valence-corrected chi connectivity index (χ0v) is 9.27. The maximum absolute atomic E-state index is 11.1. The van der Waals surface area contributed by atoms with E-state index in [0.717, 1.165) is 16.8 Å². The molecule has 2 aromatic rings. The second-order valence-corrected chi connectivity index (χ2v) is 3.77. The first-order valence-electron chi connectivity index (χ1n) is 5.12. The van der Waals surface area contributed by atoms with Crippen molar-refractivity contribution in [3.63, 3.8) is 0 Å². The monoisotopic (exact) mass is 218 g/mol. The summed E-state index contributed by atoms with van der Waals surface area (Å²) in [7, 11) is 1.65. The predicted octanol–water partition coefficient (Wildman–Crippen LogP) is 1.59. The third-order valence-corrected chi connectivity index (χ3v) is 2.73. The van der Waals surface area contributed by atoms with Gasteiger partial charge in [0.05, 0.1) is 5.69 Å². The molecule has 2 aromatic heterocycles. The van der Waals surface area contributed by atoms with Gasteiger partial charge in [-0.05, 0) is 37.7 Å². The Morgan fingerprint density at radius 1 is 1.50 bits per heavy atom. The third kappa shape index (κ3) is 1.57. The van der Waals surface area contributed by atoms with E-state index < -0.39 is 12.0 Å². The van der Waals surface area contributed by atoms with Crippen molar-refractivity contribution in [2.75, 3.05) is 7.05 Å². The van der Waals surface area contributed by atoms with Gasteiger partial charge in [-0.2, -0.15) is 0 Å². The molecule has 4 heteroatoms. The van der Waals surface area contributed by atoms with Gasteiger partial charge in [-0.15, -0.1) is 0 Å². The average Bonchev–Trinajstić information content (AvgIpc) is 2.57. The van der Waals surface area contributed by atoms with Crippen LogP contribution < -0.4 is 5.32 Å². The molecule has 0 fully saturated rings. The summed E-state index contributed by atoms with van der Waals surface area (Å²) in [6, 6.07) is 7.11. The summed E-state index contributed by atoms with van der Waals surface area (Å²) in [6.45, 7) is 1.93. The molecule has 4 nitrogen and oxygen atoms in total. The first kappa shape index (κ1) is 10.7. The molecule has 0 amide bonds. The van der Waals surface area contributed by atoms with Crippen molar-refractivity contribution in [3.8, 4) is 0 Å². The van der Waals surface area contributed by atoms with Crippen LogP contribution in [0.4, 0.5) is 0 Å². The molecule has 1 unspecified atom stereocenters. The van der Waals surface area contributed by atoms with Crippen molar-refractivity contribution < 1.29 is 9.90 Å². The van der Waals surface area contributed by atoms with Gasteiger partial charge in [-0.3, -0.25) is 4.79 Å². The number of aliphatic carboxylic acids is 1. The fourth-order valence-corrected chi connectivity index (χ4v) is 2.02.